The Labute approximate surface area is 139 Å². The molecule has 3 rings (SSSR count). The maximum Gasteiger partial charge on any atom is 0.220 e. The molecule has 0 aromatic heterocycles. The molecule has 2 unspecified atom stereocenters. The average Bonchev–Trinajstić information content (AvgIpc) is 2.90. The van der Waals surface area contributed by atoms with Crippen molar-refractivity contribution in [3.05, 3.63) is 35.9 Å². The van der Waals surface area contributed by atoms with Crippen LogP contribution in [0.15, 0.2) is 30.3 Å². The number of carbonyl (C=O) groups is 1. The van der Waals surface area contributed by atoms with Gasteiger partial charge in [0.1, 0.15) is 0 Å². The van der Waals surface area contributed by atoms with Crippen LogP contribution in [-0.4, -0.2) is 37.2 Å². The first-order valence-electron chi connectivity index (χ1n) is 8.96. The summed E-state index contributed by atoms with van der Waals surface area (Å²) in [4.78, 5) is 12.0. The highest BCUT2D eigenvalue weighted by Gasteiger charge is 2.33. The predicted octanol–water partition coefficient (Wildman–Crippen LogP) is 2.43. The maximum atomic E-state index is 12.0. The Hall–Kier alpha value is -1.39. The molecular formula is C19H28N2O2. The smallest absolute Gasteiger partial charge is 0.220 e. The van der Waals surface area contributed by atoms with Gasteiger partial charge in [-0.3, -0.25) is 4.79 Å². The molecule has 0 spiro atoms. The van der Waals surface area contributed by atoms with Gasteiger partial charge in [0.25, 0.3) is 0 Å². The summed E-state index contributed by atoms with van der Waals surface area (Å²) in [6, 6.07) is 12.0. The van der Waals surface area contributed by atoms with Gasteiger partial charge in [-0.15, -0.1) is 0 Å². The fraction of sp³-hybridized carbons (Fsp3) is 0.632. The number of ether oxygens (including phenoxy) is 1. The summed E-state index contributed by atoms with van der Waals surface area (Å²) < 4.78 is 5.63. The summed E-state index contributed by atoms with van der Waals surface area (Å²) >= 11 is 0. The first-order valence-corrected chi connectivity index (χ1v) is 8.96. The minimum absolute atomic E-state index is 0.183. The number of hydrogen-bond acceptors (Lipinski definition) is 3. The maximum absolute atomic E-state index is 12.0. The molecule has 2 fully saturated rings. The lowest BCUT2D eigenvalue weighted by molar-refractivity contribution is -0.122. The van der Waals surface area contributed by atoms with E-state index in [0.717, 1.165) is 32.3 Å². The van der Waals surface area contributed by atoms with E-state index >= 15 is 0 Å². The van der Waals surface area contributed by atoms with Gasteiger partial charge >= 0.3 is 0 Å². The van der Waals surface area contributed by atoms with E-state index in [0.29, 0.717) is 31.2 Å². The van der Waals surface area contributed by atoms with Crippen molar-refractivity contribution < 1.29 is 9.53 Å². The van der Waals surface area contributed by atoms with Crippen molar-refractivity contribution in [2.75, 3.05) is 13.2 Å². The number of benzene rings is 1. The van der Waals surface area contributed by atoms with Crippen molar-refractivity contribution in [3.63, 3.8) is 0 Å². The quantitative estimate of drug-likeness (QED) is 0.724. The zero-order valence-corrected chi connectivity index (χ0v) is 13.8. The molecule has 1 aromatic carbocycles. The lowest BCUT2D eigenvalue weighted by atomic mass is 9.99. The van der Waals surface area contributed by atoms with Gasteiger partial charge in [0.15, 0.2) is 0 Å². The highest BCUT2D eigenvalue weighted by atomic mass is 16.5. The fourth-order valence-corrected chi connectivity index (χ4v) is 3.75. The van der Waals surface area contributed by atoms with Crippen LogP contribution in [0.1, 0.15) is 44.1 Å². The summed E-state index contributed by atoms with van der Waals surface area (Å²) in [6.07, 6.45) is 7.04. The molecule has 2 heterocycles. The van der Waals surface area contributed by atoms with Crippen molar-refractivity contribution >= 4 is 5.91 Å². The van der Waals surface area contributed by atoms with E-state index in [-0.39, 0.29) is 5.91 Å². The molecule has 4 nitrogen and oxygen atoms in total. The summed E-state index contributed by atoms with van der Waals surface area (Å²) in [5.74, 6) is 0.183. The van der Waals surface area contributed by atoms with Crippen LogP contribution in [0.2, 0.25) is 0 Å². The molecule has 1 amide bonds. The molecule has 126 valence electrons. The van der Waals surface area contributed by atoms with Crippen molar-refractivity contribution in [1.29, 1.82) is 0 Å². The van der Waals surface area contributed by atoms with Gasteiger partial charge in [0.2, 0.25) is 5.91 Å². The number of carbonyl (C=O) groups excluding carboxylic acids is 1. The van der Waals surface area contributed by atoms with Gasteiger partial charge in [-0.2, -0.15) is 0 Å². The van der Waals surface area contributed by atoms with Crippen LogP contribution >= 0.6 is 0 Å². The monoisotopic (exact) mass is 316 g/mol. The van der Waals surface area contributed by atoms with E-state index in [9.17, 15) is 4.79 Å². The minimum atomic E-state index is 0.183. The molecule has 2 saturated heterocycles. The van der Waals surface area contributed by atoms with Crippen molar-refractivity contribution in [1.82, 2.24) is 10.6 Å². The fourth-order valence-electron chi connectivity index (χ4n) is 3.75. The first kappa shape index (κ1) is 16.5. The van der Waals surface area contributed by atoms with Crippen LogP contribution in [-0.2, 0) is 16.0 Å². The summed E-state index contributed by atoms with van der Waals surface area (Å²) in [5, 5.41) is 6.80. The molecule has 2 bridgehead atoms. The zero-order chi connectivity index (χ0) is 15.9. The van der Waals surface area contributed by atoms with Crippen LogP contribution in [0.4, 0.5) is 0 Å². The van der Waals surface area contributed by atoms with E-state index in [1.807, 2.05) is 18.2 Å². The zero-order valence-electron chi connectivity index (χ0n) is 13.8. The van der Waals surface area contributed by atoms with Crippen molar-refractivity contribution in [3.8, 4) is 0 Å². The Balaban J connectivity index is 1.22. The third kappa shape index (κ3) is 5.33. The Morgan fingerprint density at radius 3 is 2.61 bits per heavy atom. The highest BCUT2D eigenvalue weighted by Crippen LogP contribution is 2.26. The van der Waals surface area contributed by atoms with Gasteiger partial charge in [0.05, 0.1) is 6.61 Å². The number of rotatable bonds is 8. The lowest BCUT2D eigenvalue weighted by Crippen LogP contribution is -2.48. The van der Waals surface area contributed by atoms with Gasteiger partial charge in [-0.25, -0.2) is 0 Å². The number of piperidine rings is 1. The second kappa shape index (κ2) is 8.46. The molecule has 0 saturated carbocycles. The van der Waals surface area contributed by atoms with Crippen molar-refractivity contribution in [2.45, 2.75) is 63.1 Å². The molecule has 2 aliphatic rings. The Morgan fingerprint density at radius 1 is 1.13 bits per heavy atom. The number of fused-ring (bicyclic) bond motifs is 2. The van der Waals surface area contributed by atoms with Crippen LogP contribution in [0, 0.1) is 0 Å². The molecule has 2 atom stereocenters. The first-order chi connectivity index (χ1) is 11.3. The number of amides is 1. The summed E-state index contributed by atoms with van der Waals surface area (Å²) in [5.41, 5.74) is 1.30. The third-order valence-corrected chi connectivity index (χ3v) is 4.91. The minimum Gasteiger partial charge on any atom is -0.381 e. The van der Waals surface area contributed by atoms with E-state index in [1.165, 1.54) is 18.4 Å². The van der Waals surface area contributed by atoms with Crippen LogP contribution in [0.5, 0.6) is 0 Å². The second-order valence-electron chi connectivity index (χ2n) is 6.83. The third-order valence-electron chi connectivity index (χ3n) is 4.91. The Kier molecular flexibility index (Phi) is 6.06. The van der Waals surface area contributed by atoms with E-state index in [4.69, 9.17) is 4.74 Å². The van der Waals surface area contributed by atoms with Crippen LogP contribution in [0.25, 0.3) is 0 Å². The molecule has 0 radical (unpaired) electrons. The van der Waals surface area contributed by atoms with Crippen molar-refractivity contribution in [2.24, 2.45) is 0 Å². The Bertz CT molecular complexity index is 479. The van der Waals surface area contributed by atoms with Gasteiger partial charge in [-0.05, 0) is 44.1 Å². The molecule has 1 aromatic rings. The number of hydrogen-bond donors (Lipinski definition) is 2. The summed E-state index contributed by atoms with van der Waals surface area (Å²) in [6.45, 7) is 1.39. The topological polar surface area (TPSA) is 50.4 Å². The van der Waals surface area contributed by atoms with Gasteiger partial charge in [0, 0.05) is 31.2 Å². The van der Waals surface area contributed by atoms with E-state index in [2.05, 4.69) is 22.8 Å². The number of nitrogens with one attached hydrogen (secondary N) is 2. The largest absolute Gasteiger partial charge is 0.381 e. The normalized spacial score (nSPS) is 26.2. The molecule has 0 aliphatic carbocycles. The van der Waals surface area contributed by atoms with E-state index in [1.54, 1.807) is 0 Å². The average molecular weight is 316 g/mol. The van der Waals surface area contributed by atoms with E-state index < -0.39 is 0 Å². The van der Waals surface area contributed by atoms with Gasteiger partial charge < -0.3 is 15.4 Å². The molecule has 2 N–H and O–H groups in total. The molecule has 23 heavy (non-hydrogen) atoms. The predicted molar refractivity (Wildman–Crippen MR) is 91.3 cm³/mol. The SMILES string of the molecule is O=C(CCCOCCc1ccccc1)NC1CC2CCC(C1)N2. The summed E-state index contributed by atoms with van der Waals surface area (Å²) in [7, 11) is 0. The molecule has 2 aliphatic heterocycles. The highest BCUT2D eigenvalue weighted by molar-refractivity contribution is 5.76. The van der Waals surface area contributed by atoms with Crippen LogP contribution in [0.3, 0.4) is 0 Å². The standard InChI is InChI=1S/C19H28N2O2/c22-19(21-18-13-16-8-9-17(14-18)20-16)7-4-11-23-12-10-15-5-2-1-3-6-15/h1-3,5-6,16-18,20H,4,7-14H2,(H,21,22). The van der Waals surface area contributed by atoms with Crippen LogP contribution < -0.4 is 10.6 Å². The lowest BCUT2D eigenvalue weighted by Gasteiger charge is -2.29. The van der Waals surface area contributed by atoms with Gasteiger partial charge in [-0.1, -0.05) is 30.3 Å². The Morgan fingerprint density at radius 2 is 1.87 bits per heavy atom. The molecular weight excluding hydrogens is 288 g/mol. The second-order valence-corrected chi connectivity index (χ2v) is 6.83. The molecule has 4 heteroatoms.